The summed E-state index contributed by atoms with van der Waals surface area (Å²) in [4.78, 5) is 17.5. The average Bonchev–Trinajstić information content (AvgIpc) is 2.81. The molecule has 3 atom stereocenters. The molecule has 2 fully saturated rings. The molecule has 0 bridgehead atoms. The van der Waals surface area contributed by atoms with Gasteiger partial charge in [-0.2, -0.15) is 0 Å². The van der Waals surface area contributed by atoms with Gasteiger partial charge in [0.15, 0.2) is 0 Å². The number of hydrogen-bond donors (Lipinski definition) is 1. The minimum Gasteiger partial charge on any atom is -0.340 e. The Morgan fingerprint density at radius 1 is 1.40 bits per heavy atom. The highest BCUT2D eigenvalue weighted by Crippen LogP contribution is 2.35. The number of likely N-dealkylation sites (N-methyl/N-ethyl adjacent to an activating group) is 1. The molecule has 0 radical (unpaired) electrons. The van der Waals surface area contributed by atoms with Crippen molar-refractivity contribution in [1.82, 2.24) is 15.1 Å². The molecule has 2 aliphatic rings. The summed E-state index contributed by atoms with van der Waals surface area (Å²) in [5, 5.41) is 3.45. The quantitative estimate of drug-likeness (QED) is 0.849. The van der Waals surface area contributed by atoms with Crippen LogP contribution in [-0.4, -0.2) is 62.0 Å². The maximum absolute atomic E-state index is 13.1. The van der Waals surface area contributed by atoms with Gasteiger partial charge in [-0.15, -0.1) is 0 Å². The summed E-state index contributed by atoms with van der Waals surface area (Å²) in [6, 6.07) is 0.508. The Balaban J connectivity index is 2.09. The zero-order valence-corrected chi connectivity index (χ0v) is 13.6. The van der Waals surface area contributed by atoms with Gasteiger partial charge in [0.2, 0.25) is 5.91 Å². The van der Waals surface area contributed by atoms with Gasteiger partial charge in [-0.3, -0.25) is 4.79 Å². The third-order valence-corrected chi connectivity index (χ3v) is 5.18. The van der Waals surface area contributed by atoms with Gasteiger partial charge in [0, 0.05) is 25.7 Å². The molecule has 4 nitrogen and oxygen atoms in total. The number of likely N-dealkylation sites (tertiary alicyclic amines) is 1. The van der Waals surface area contributed by atoms with Crippen LogP contribution in [0.4, 0.5) is 0 Å². The fourth-order valence-electron chi connectivity index (χ4n) is 4.07. The van der Waals surface area contributed by atoms with Gasteiger partial charge in [0.1, 0.15) is 0 Å². The smallest absolute Gasteiger partial charge is 0.230 e. The summed E-state index contributed by atoms with van der Waals surface area (Å²) < 4.78 is 0. The first-order chi connectivity index (χ1) is 9.50. The fraction of sp³-hybridized carbons (Fsp3) is 0.938. The van der Waals surface area contributed by atoms with Crippen molar-refractivity contribution in [3.05, 3.63) is 0 Å². The molecule has 20 heavy (non-hydrogen) atoms. The summed E-state index contributed by atoms with van der Waals surface area (Å²) in [7, 11) is 4.25. The number of rotatable bonds is 4. The lowest BCUT2D eigenvalue weighted by atomic mass is 9.75. The molecule has 1 amide bonds. The first kappa shape index (κ1) is 15.8. The van der Waals surface area contributed by atoms with Gasteiger partial charge in [0.05, 0.1) is 5.41 Å². The number of nitrogens with zero attached hydrogens (tertiary/aromatic N) is 2. The van der Waals surface area contributed by atoms with Crippen LogP contribution in [0.5, 0.6) is 0 Å². The van der Waals surface area contributed by atoms with Crippen molar-refractivity contribution in [2.24, 2.45) is 11.3 Å². The van der Waals surface area contributed by atoms with Crippen molar-refractivity contribution in [1.29, 1.82) is 0 Å². The van der Waals surface area contributed by atoms with Crippen LogP contribution in [0.15, 0.2) is 0 Å². The molecular weight excluding hydrogens is 250 g/mol. The van der Waals surface area contributed by atoms with E-state index in [1.807, 2.05) is 0 Å². The second-order valence-electron chi connectivity index (χ2n) is 7.03. The van der Waals surface area contributed by atoms with Gasteiger partial charge in [-0.05, 0) is 45.8 Å². The minimum atomic E-state index is -0.131. The molecule has 0 saturated carbocycles. The van der Waals surface area contributed by atoms with Crippen LogP contribution >= 0.6 is 0 Å². The van der Waals surface area contributed by atoms with Gasteiger partial charge >= 0.3 is 0 Å². The van der Waals surface area contributed by atoms with E-state index in [0.717, 1.165) is 51.9 Å². The molecule has 2 heterocycles. The van der Waals surface area contributed by atoms with E-state index >= 15 is 0 Å². The SMILES string of the molecule is CCCC1(C(=O)N2CC(C)C(N(C)C)C2)CCCNC1. The van der Waals surface area contributed by atoms with Crippen LogP contribution in [0.25, 0.3) is 0 Å². The topological polar surface area (TPSA) is 35.6 Å². The standard InChI is InChI=1S/C16H31N3O/c1-5-7-16(8-6-9-17-12-16)15(20)19-10-13(2)14(11-19)18(3)4/h13-14,17H,5-12H2,1-4H3. The lowest BCUT2D eigenvalue weighted by molar-refractivity contribution is -0.143. The van der Waals surface area contributed by atoms with E-state index in [9.17, 15) is 4.79 Å². The minimum absolute atomic E-state index is 0.131. The number of amides is 1. The fourth-order valence-corrected chi connectivity index (χ4v) is 4.07. The van der Waals surface area contributed by atoms with E-state index in [4.69, 9.17) is 0 Å². The van der Waals surface area contributed by atoms with Gasteiger partial charge in [0.25, 0.3) is 0 Å². The Morgan fingerprint density at radius 3 is 2.65 bits per heavy atom. The normalized spacial score (nSPS) is 34.8. The van der Waals surface area contributed by atoms with Gasteiger partial charge < -0.3 is 15.1 Å². The van der Waals surface area contributed by atoms with E-state index < -0.39 is 0 Å². The average molecular weight is 281 g/mol. The first-order valence-corrected chi connectivity index (χ1v) is 8.16. The van der Waals surface area contributed by atoms with Crippen molar-refractivity contribution in [3.63, 3.8) is 0 Å². The molecule has 0 aromatic heterocycles. The summed E-state index contributed by atoms with van der Waals surface area (Å²) in [5.41, 5.74) is -0.131. The molecule has 0 spiro atoms. The lowest BCUT2D eigenvalue weighted by Crippen LogP contribution is -2.51. The summed E-state index contributed by atoms with van der Waals surface area (Å²) in [6.45, 7) is 8.22. The summed E-state index contributed by atoms with van der Waals surface area (Å²) in [5.74, 6) is 0.979. The maximum atomic E-state index is 13.1. The van der Waals surface area contributed by atoms with Crippen molar-refractivity contribution in [3.8, 4) is 0 Å². The predicted molar refractivity (Wildman–Crippen MR) is 82.7 cm³/mol. The Bertz CT molecular complexity index is 331. The van der Waals surface area contributed by atoms with Gasteiger partial charge in [-0.1, -0.05) is 20.3 Å². The van der Waals surface area contributed by atoms with Crippen molar-refractivity contribution < 1.29 is 4.79 Å². The molecule has 0 aromatic carbocycles. The van der Waals surface area contributed by atoms with Gasteiger partial charge in [-0.25, -0.2) is 0 Å². The molecule has 3 unspecified atom stereocenters. The van der Waals surface area contributed by atoms with Crippen LogP contribution < -0.4 is 5.32 Å². The highest BCUT2D eigenvalue weighted by atomic mass is 16.2. The zero-order chi connectivity index (χ0) is 14.8. The number of nitrogens with one attached hydrogen (secondary N) is 1. The summed E-state index contributed by atoms with van der Waals surface area (Å²) in [6.07, 6.45) is 4.31. The van der Waals surface area contributed by atoms with Crippen LogP contribution in [0.1, 0.15) is 39.5 Å². The Kier molecular flexibility index (Phi) is 5.08. The molecule has 2 rings (SSSR count). The first-order valence-electron chi connectivity index (χ1n) is 8.16. The highest BCUT2D eigenvalue weighted by molar-refractivity contribution is 5.83. The Labute approximate surface area is 123 Å². The molecule has 116 valence electrons. The molecule has 1 N–H and O–H groups in total. The number of carbonyl (C=O) groups excluding carboxylic acids is 1. The van der Waals surface area contributed by atoms with Crippen molar-refractivity contribution in [2.75, 3.05) is 40.3 Å². The molecule has 2 saturated heterocycles. The van der Waals surface area contributed by atoms with E-state index in [1.165, 1.54) is 0 Å². The van der Waals surface area contributed by atoms with Crippen LogP contribution in [0.3, 0.4) is 0 Å². The second-order valence-corrected chi connectivity index (χ2v) is 7.03. The highest BCUT2D eigenvalue weighted by Gasteiger charge is 2.44. The van der Waals surface area contributed by atoms with E-state index in [2.05, 4.69) is 43.1 Å². The van der Waals surface area contributed by atoms with Crippen LogP contribution in [-0.2, 0) is 4.79 Å². The van der Waals surface area contributed by atoms with Crippen molar-refractivity contribution >= 4 is 5.91 Å². The monoisotopic (exact) mass is 281 g/mol. The molecule has 0 aromatic rings. The predicted octanol–water partition coefficient (Wildman–Crippen LogP) is 1.56. The Morgan fingerprint density at radius 2 is 2.15 bits per heavy atom. The molecule has 4 heteroatoms. The maximum Gasteiger partial charge on any atom is 0.230 e. The third kappa shape index (κ3) is 3.01. The number of carbonyl (C=O) groups is 1. The van der Waals surface area contributed by atoms with Crippen LogP contribution in [0.2, 0.25) is 0 Å². The molecule has 2 aliphatic heterocycles. The van der Waals surface area contributed by atoms with Crippen LogP contribution in [0, 0.1) is 11.3 Å². The lowest BCUT2D eigenvalue weighted by Gasteiger charge is -2.39. The molecule has 0 aliphatic carbocycles. The van der Waals surface area contributed by atoms with E-state index in [0.29, 0.717) is 17.9 Å². The van der Waals surface area contributed by atoms with Crippen molar-refractivity contribution in [2.45, 2.75) is 45.6 Å². The van der Waals surface area contributed by atoms with E-state index in [-0.39, 0.29) is 5.41 Å². The molecular formula is C16H31N3O. The van der Waals surface area contributed by atoms with E-state index in [1.54, 1.807) is 0 Å². The zero-order valence-electron chi connectivity index (χ0n) is 13.6. The number of piperidine rings is 1. The Hall–Kier alpha value is -0.610. The largest absolute Gasteiger partial charge is 0.340 e. The third-order valence-electron chi connectivity index (χ3n) is 5.18. The summed E-state index contributed by atoms with van der Waals surface area (Å²) >= 11 is 0. The number of hydrogen-bond acceptors (Lipinski definition) is 3. The second kappa shape index (κ2) is 6.44.